The number of furan rings is 1. The molecule has 1 amide bonds. The van der Waals surface area contributed by atoms with Crippen molar-refractivity contribution >= 4 is 17.5 Å². The highest BCUT2D eigenvalue weighted by molar-refractivity contribution is 6.17. The van der Waals surface area contributed by atoms with Crippen molar-refractivity contribution in [2.45, 2.75) is 33.2 Å². The summed E-state index contributed by atoms with van der Waals surface area (Å²) in [7, 11) is 0. The Balaban J connectivity index is 2.66. The lowest BCUT2D eigenvalue weighted by atomic mass is 9.85. The van der Waals surface area contributed by atoms with Crippen molar-refractivity contribution in [2.24, 2.45) is 5.41 Å². The van der Waals surface area contributed by atoms with Gasteiger partial charge >= 0.3 is 0 Å². The Morgan fingerprint density at radius 1 is 1.56 bits per heavy atom. The first-order chi connectivity index (χ1) is 7.45. The third-order valence-electron chi connectivity index (χ3n) is 2.53. The molecule has 1 aromatic rings. The van der Waals surface area contributed by atoms with Gasteiger partial charge in [0.2, 0.25) is 0 Å². The van der Waals surface area contributed by atoms with Crippen LogP contribution >= 0.6 is 11.6 Å². The molecule has 1 unspecified atom stereocenters. The molecule has 90 valence electrons. The average molecular weight is 244 g/mol. The van der Waals surface area contributed by atoms with Gasteiger partial charge in [-0.05, 0) is 17.9 Å². The van der Waals surface area contributed by atoms with E-state index in [4.69, 9.17) is 16.0 Å². The molecule has 0 bridgehead atoms. The number of nitrogens with one attached hydrogen (secondary N) is 1. The molecule has 3 nitrogen and oxygen atoms in total. The predicted octanol–water partition coefficient (Wildman–Crippen LogP) is 3.05. The summed E-state index contributed by atoms with van der Waals surface area (Å²) in [4.78, 5) is 11.8. The Labute approximate surface area is 101 Å². The van der Waals surface area contributed by atoms with Crippen molar-refractivity contribution in [1.29, 1.82) is 0 Å². The Bertz CT molecular complexity index is 327. The van der Waals surface area contributed by atoms with Gasteiger partial charge in [0.15, 0.2) is 0 Å². The van der Waals surface area contributed by atoms with Crippen LogP contribution in [0.15, 0.2) is 23.0 Å². The van der Waals surface area contributed by atoms with Crippen LogP contribution in [0.2, 0.25) is 0 Å². The summed E-state index contributed by atoms with van der Waals surface area (Å²) in [6.45, 7) is 6.25. The highest BCUT2D eigenvalue weighted by atomic mass is 35.5. The number of carbonyl (C=O) groups is 1. The minimum Gasteiger partial charge on any atom is -0.472 e. The first-order valence-corrected chi connectivity index (χ1v) is 5.87. The van der Waals surface area contributed by atoms with Gasteiger partial charge in [0.1, 0.15) is 6.26 Å². The summed E-state index contributed by atoms with van der Waals surface area (Å²) in [5.74, 6) is 0.423. The normalized spacial score (nSPS) is 13.5. The number of amides is 1. The zero-order chi connectivity index (χ0) is 12.2. The maximum Gasteiger partial charge on any atom is 0.254 e. The summed E-state index contributed by atoms with van der Waals surface area (Å²) in [6.07, 6.45) is 3.69. The molecule has 0 aliphatic rings. The lowest BCUT2D eigenvalue weighted by Gasteiger charge is -2.30. The molecule has 1 N–H and O–H groups in total. The quantitative estimate of drug-likeness (QED) is 0.826. The maximum atomic E-state index is 11.8. The second-order valence-electron chi connectivity index (χ2n) is 4.88. The smallest absolute Gasteiger partial charge is 0.254 e. The van der Waals surface area contributed by atoms with Gasteiger partial charge in [0, 0.05) is 11.9 Å². The van der Waals surface area contributed by atoms with Crippen LogP contribution in [0, 0.1) is 5.41 Å². The van der Waals surface area contributed by atoms with E-state index in [-0.39, 0.29) is 17.4 Å². The third kappa shape index (κ3) is 3.56. The molecular weight excluding hydrogens is 226 g/mol. The molecule has 0 saturated heterocycles. The van der Waals surface area contributed by atoms with Crippen LogP contribution in [0.3, 0.4) is 0 Å². The van der Waals surface area contributed by atoms with Crippen LogP contribution in [-0.4, -0.2) is 17.8 Å². The minimum atomic E-state index is -0.112. The van der Waals surface area contributed by atoms with Gasteiger partial charge in [-0.3, -0.25) is 4.79 Å². The van der Waals surface area contributed by atoms with E-state index in [1.807, 2.05) is 0 Å². The molecule has 0 aliphatic heterocycles. The zero-order valence-corrected chi connectivity index (χ0v) is 10.7. The van der Waals surface area contributed by atoms with Crippen LogP contribution in [0.5, 0.6) is 0 Å². The Kier molecular flexibility index (Phi) is 4.42. The predicted molar refractivity (Wildman–Crippen MR) is 64.8 cm³/mol. The molecule has 0 aliphatic carbocycles. The Hall–Kier alpha value is -0.960. The summed E-state index contributed by atoms with van der Waals surface area (Å²) in [6, 6.07) is 1.71. The van der Waals surface area contributed by atoms with Gasteiger partial charge in [0.05, 0.1) is 11.8 Å². The molecule has 16 heavy (non-hydrogen) atoms. The second-order valence-corrected chi connectivity index (χ2v) is 5.26. The van der Waals surface area contributed by atoms with E-state index in [1.54, 1.807) is 6.07 Å². The molecule has 0 saturated carbocycles. The average Bonchev–Trinajstić information content (AvgIpc) is 2.68. The molecule has 1 heterocycles. The molecule has 1 atom stereocenters. The number of rotatable bonds is 4. The SMILES string of the molecule is CC(C)(C)C(CCCl)NC(=O)c1ccoc1. The molecule has 0 radical (unpaired) electrons. The lowest BCUT2D eigenvalue weighted by Crippen LogP contribution is -2.43. The van der Waals surface area contributed by atoms with Gasteiger partial charge in [-0.25, -0.2) is 0 Å². The summed E-state index contributed by atoms with van der Waals surface area (Å²) in [5, 5.41) is 2.98. The molecule has 0 spiro atoms. The summed E-state index contributed by atoms with van der Waals surface area (Å²) in [5.41, 5.74) is 0.540. The highest BCUT2D eigenvalue weighted by Crippen LogP contribution is 2.22. The van der Waals surface area contributed by atoms with Crippen LogP contribution < -0.4 is 5.32 Å². The van der Waals surface area contributed by atoms with Gasteiger partial charge in [-0.2, -0.15) is 0 Å². The lowest BCUT2D eigenvalue weighted by molar-refractivity contribution is 0.0900. The zero-order valence-electron chi connectivity index (χ0n) is 9.92. The number of hydrogen-bond donors (Lipinski definition) is 1. The fourth-order valence-electron chi connectivity index (χ4n) is 1.47. The fraction of sp³-hybridized carbons (Fsp3) is 0.583. The molecule has 1 rings (SSSR count). The Morgan fingerprint density at radius 3 is 2.69 bits per heavy atom. The molecule has 4 heteroatoms. The highest BCUT2D eigenvalue weighted by Gasteiger charge is 2.26. The van der Waals surface area contributed by atoms with Crippen LogP contribution in [0.1, 0.15) is 37.6 Å². The van der Waals surface area contributed by atoms with E-state index in [9.17, 15) is 4.79 Å². The van der Waals surface area contributed by atoms with Gasteiger partial charge in [0.25, 0.3) is 5.91 Å². The first kappa shape index (κ1) is 13.1. The summed E-state index contributed by atoms with van der Waals surface area (Å²) >= 11 is 5.74. The van der Waals surface area contributed by atoms with Gasteiger partial charge < -0.3 is 9.73 Å². The van der Waals surface area contributed by atoms with Crippen molar-refractivity contribution in [1.82, 2.24) is 5.32 Å². The third-order valence-corrected chi connectivity index (χ3v) is 2.75. The van der Waals surface area contributed by atoms with E-state index in [0.29, 0.717) is 11.4 Å². The van der Waals surface area contributed by atoms with E-state index in [1.165, 1.54) is 12.5 Å². The fourth-order valence-corrected chi connectivity index (χ4v) is 1.68. The van der Waals surface area contributed by atoms with E-state index in [2.05, 4.69) is 26.1 Å². The molecule has 1 aromatic heterocycles. The number of carbonyl (C=O) groups excluding carboxylic acids is 1. The number of hydrogen-bond acceptors (Lipinski definition) is 2. The van der Waals surface area contributed by atoms with Gasteiger partial charge in [-0.15, -0.1) is 11.6 Å². The summed E-state index contributed by atoms with van der Waals surface area (Å²) < 4.78 is 4.88. The first-order valence-electron chi connectivity index (χ1n) is 5.34. The van der Waals surface area contributed by atoms with E-state index >= 15 is 0 Å². The number of alkyl halides is 1. The largest absolute Gasteiger partial charge is 0.472 e. The van der Waals surface area contributed by atoms with Crippen molar-refractivity contribution in [3.8, 4) is 0 Å². The minimum absolute atomic E-state index is 0.00567. The van der Waals surface area contributed by atoms with Crippen LogP contribution in [0.25, 0.3) is 0 Å². The second kappa shape index (κ2) is 5.39. The molecule has 0 aromatic carbocycles. The topological polar surface area (TPSA) is 42.2 Å². The monoisotopic (exact) mass is 243 g/mol. The maximum absolute atomic E-state index is 11.8. The van der Waals surface area contributed by atoms with Crippen molar-refractivity contribution in [3.05, 3.63) is 24.2 Å². The van der Waals surface area contributed by atoms with E-state index < -0.39 is 0 Å². The van der Waals surface area contributed by atoms with Crippen molar-refractivity contribution in [2.75, 3.05) is 5.88 Å². The van der Waals surface area contributed by atoms with Gasteiger partial charge in [-0.1, -0.05) is 20.8 Å². The number of halogens is 1. The standard InChI is InChI=1S/C12H18ClNO2/c1-12(2,3)10(4-6-13)14-11(15)9-5-7-16-8-9/h5,7-8,10H,4,6H2,1-3H3,(H,14,15). The Morgan fingerprint density at radius 2 is 2.25 bits per heavy atom. The van der Waals surface area contributed by atoms with Crippen LogP contribution in [-0.2, 0) is 0 Å². The van der Waals surface area contributed by atoms with E-state index in [0.717, 1.165) is 6.42 Å². The molecular formula is C12H18ClNO2. The van der Waals surface area contributed by atoms with Crippen LogP contribution in [0.4, 0.5) is 0 Å². The van der Waals surface area contributed by atoms with Crippen molar-refractivity contribution < 1.29 is 9.21 Å². The molecule has 0 fully saturated rings. The van der Waals surface area contributed by atoms with Crippen molar-refractivity contribution in [3.63, 3.8) is 0 Å².